The first-order chi connectivity index (χ1) is 9.62. The second-order valence-electron chi connectivity index (χ2n) is 4.99. The van der Waals surface area contributed by atoms with Gasteiger partial charge in [0.05, 0.1) is 0 Å². The number of rotatable bonds is 9. The molecule has 2 nitrogen and oxygen atoms in total. The molecule has 1 rings (SSSR count). The van der Waals surface area contributed by atoms with Crippen LogP contribution in [0.3, 0.4) is 0 Å². The van der Waals surface area contributed by atoms with E-state index in [2.05, 4.69) is 19.2 Å². The van der Waals surface area contributed by atoms with Crippen LogP contribution < -0.4 is 10.1 Å². The molecule has 0 radical (unpaired) electrons. The van der Waals surface area contributed by atoms with E-state index in [0.29, 0.717) is 0 Å². The SMILES string of the molecule is CCCNC(CCC)C(CC)Oc1ccc(F)cc1F. The van der Waals surface area contributed by atoms with Gasteiger partial charge in [0.2, 0.25) is 0 Å². The first-order valence-electron chi connectivity index (χ1n) is 7.47. The fraction of sp³-hybridized carbons (Fsp3) is 0.625. The average Bonchev–Trinajstić information content (AvgIpc) is 2.43. The second kappa shape index (κ2) is 8.90. The molecule has 0 saturated heterocycles. The summed E-state index contributed by atoms with van der Waals surface area (Å²) in [6, 6.07) is 3.63. The molecule has 2 unspecified atom stereocenters. The molecule has 20 heavy (non-hydrogen) atoms. The summed E-state index contributed by atoms with van der Waals surface area (Å²) in [4.78, 5) is 0. The van der Waals surface area contributed by atoms with Crippen molar-refractivity contribution in [3.63, 3.8) is 0 Å². The maximum absolute atomic E-state index is 13.7. The quantitative estimate of drug-likeness (QED) is 0.730. The fourth-order valence-corrected chi connectivity index (χ4v) is 2.24. The van der Waals surface area contributed by atoms with Crippen molar-refractivity contribution >= 4 is 0 Å². The summed E-state index contributed by atoms with van der Waals surface area (Å²) in [6.07, 6.45) is 3.72. The molecule has 1 N–H and O–H groups in total. The van der Waals surface area contributed by atoms with Gasteiger partial charge in [-0.2, -0.15) is 0 Å². The lowest BCUT2D eigenvalue weighted by Gasteiger charge is -2.28. The summed E-state index contributed by atoms with van der Waals surface area (Å²) in [7, 11) is 0. The Hall–Kier alpha value is -1.16. The highest BCUT2D eigenvalue weighted by Crippen LogP contribution is 2.22. The van der Waals surface area contributed by atoms with Crippen molar-refractivity contribution in [1.29, 1.82) is 0 Å². The third-order valence-corrected chi connectivity index (χ3v) is 3.28. The van der Waals surface area contributed by atoms with Gasteiger partial charge in [0, 0.05) is 12.1 Å². The van der Waals surface area contributed by atoms with Crippen LogP contribution in [-0.4, -0.2) is 18.7 Å². The van der Waals surface area contributed by atoms with Crippen LogP contribution in [0.15, 0.2) is 18.2 Å². The molecule has 1 aromatic carbocycles. The summed E-state index contributed by atoms with van der Waals surface area (Å²) in [6.45, 7) is 7.15. The summed E-state index contributed by atoms with van der Waals surface area (Å²) in [5.74, 6) is -1.11. The van der Waals surface area contributed by atoms with Crippen LogP contribution in [-0.2, 0) is 0 Å². The van der Waals surface area contributed by atoms with Crippen LogP contribution in [0.4, 0.5) is 8.78 Å². The number of ether oxygens (including phenoxy) is 1. The van der Waals surface area contributed by atoms with Crippen LogP contribution in [0.25, 0.3) is 0 Å². The van der Waals surface area contributed by atoms with E-state index < -0.39 is 11.6 Å². The predicted octanol–water partition coefficient (Wildman–Crippen LogP) is 4.29. The van der Waals surface area contributed by atoms with Crippen molar-refractivity contribution in [1.82, 2.24) is 5.32 Å². The Morgan fingerprint density at radius 1 is 1.15 bits per heavy atom. The average molecular weight is 285 g/mol. The molecule has 0 aliphatic carbocycles. The van der Waals surface area contributed by atoms with E-state index >= 15 is 0 Å². The Morgan fingerprint density at radius 3 is 2.45 bits per heavy atom. The van der Waals surface area contributed by atoms with Gasteiger partial charge in [-0.1, -0.05) is 27.2 Å². The molecule has 114 valence electrons. The van der Waals surface area contributed by atoms with Crippen molar-refractivity contribution in [3.8, 4) is 5.75 Å². The molecule has 0 fully saturated rings. The monoisotopic (exact) mass is 285 g/mol. The number of hydrogen-bond acceptors (Lipinski definition) is 2. The summed E-state index contributed by atoms with van der Waals surface area (Å²) in [5.41, 5.74) is 0. The normalized spacial score (nSPS) is 14.1. The third-order valence-electron chi connectivity index (χ3n) is 3.28. The Balaban J connectivity index is 2.76. The van der Waals surface area contributed by atoms with E-state index in [1.807, 2.05) is 6.92 Å². The molecule has 2 atom stereocenters. The van der Waals surface area contributed by atoms with E-state index in [1.165, 1.54) is 12.1 Å². The summed E-state index contributed by atoms with van der Waals surface area (Å²) in [5, 5.41) is 3.45. The minimum atomic E-state index is -0.644. The molecular weight excluding hydrogens is 260 g/mol. The van der Waals surface area contributed by atoms with Gasteiger partial charge < -0.3 is 10.1 Å². The zero-order chi connectivity index (χ0) is 15.0. The molecule has 0 aliphatic rings. The smallest absolute Gasteiger partial charge is 0.167 e. The summed E-state index contributed by atoms with van der Waals surface area (Å²) >= 11 is 0. The molecule has 1 aromatic rings. The van der Waals surface area contributed by atoms with Gasteiger partial charge in [0.15, 0.2) is 11.6 Å². The van der Waals surface area contributed by atoms with E-state index in [-0.39, 0.29) is 17.9 Å². The molecule has 0 saturated carbocycles. The van der Waals surface area contributed by atoms with Gasteiger partial charge in [-0.25, -0.2) is 8.78 Å². The highest BCUT2D eigenvalue weighted by molar-refractivity contribution is 5.25. The zero-order valence-electron chi connectivity index (χ0n) is 12.6. The molecule has 0 aromatic heterocycles. The van der Waals surface area contributed by atoms with Crippen molar-refractivity contribution in [2.45, 2.75) is 58.6 Å². The van der Waals surface area contributed by atoms with E-state index in [1.54, 1.807) is 0 Å². The lowest BCUT2D eigenvalue weighted by Crippen LogP contribution is -2.43. The minimum absolute atomic E-state index is 0.110. The number of hydrogen-bond donors (Lipinski definition) is 1. The van der Waals surface area contributed by atoms with Crippen LogP contribution in [0, 0.1) is 11.6 Å². The standard InChI is InChI=1S/C16H25F2NO/c1-4-7-14(19-10-5-2)15(6-3)20-16-9-8-12(17)11-13(16)18/h8-9,11,14-15,19H,4-7,10H2,1-3H3. The number of nitrogens with one attached hydrogen (secondary N) is 1. The largest absolute Gasteiger partial charge is 0.486 e. The second-order valence-corrected chi connectivity index (χ2v) is 4.99. The van der Waals surface area contributed by atoms with Crippen molar-refractivity contribution < 1.29 is 13.5 Å². The van der Waals surface area contributed by atoms with Gasteiger partial charge in [0.1, 0.15) is 11.9 Å². The lowest BCUT2D eigenvalue weighted by atomic mass is 10.0. The van der Waals surface area contributed by atoms with Gasteiger partial charge in [-0.15, -0.1) is 0 Å². The topological polar surface area (TPSA) is 21.3 Å². The first kappa shape index (κ1) is 16.9. The predicted molar refractivity (Wildman–Crippen MR) is 78.1 cm³/mol. The molecule has 0 heterocycles. The van der Waals surface area contributed by atoms with Gasteiger partial charge >= 0.3 is 0 Å². The summed E-state index contributed by atoms with van der Waals surface area (Å²) < 4.78 is 32.3. The van der Waals surface area contributed by atoms with Crippen LogP contribution in [0.2, 0.25) is 0 Å². The molecule has 0 amide bonds. The van der Waals surface area contributed by atoms with Gasteiger partial charge in [0.25, 0.3) is 0 Å². The minimum Gasteiger partial charge on any atom is -0.486 e. The highest BCUT2D eigenvalue weighted by atomic mass is 19.1. The maximum Gasteiger partial charge on any atom is 0.167 e. The molecule has 0 spiro atoms. The Bertz CT molecular complexity index is 398. The molecule has 0 bridgehead atoms. The van der Waals surface area contributed by atoms with E-state index in [4.69, 9.17) is 4.74 Å². The lowest BCUT2D eigenvalue weighted by molar-refractivity contribution is 0.136. The fourth-order valence-electron chi connectivity index (χ4n) is 2.24. The third kappa shape index (κ3) is 5.08. The van der Waals surface area contributed by atoms with Gasteiger partial charge in [-0.3, -0.25) is 0 Å². The van der Waals surface area contributed by atoms with Crippen molar-refractivity contribution in [2.24, 2.45) is 0 Å². The van der Waals surface area contributed by atoms with Gasteiger partial charge in [-0.05, 0) is 37.9 Å². The first-order valence-corrected chi connectivity index (χ1v) is 7.47. The zero-order valence-corrected chi connectivity index (χ0v) is 12.6. The van der Waals surface area contributed by atoms with Crippen LogP contribution in [0.1, 0.15) is 46.5 Å². The number of halogens is 2. The Morgan fingerprint density at radius 2 is 1.90 bits per heavy atom. The highest BCUT2D eigenvalue weighted by Gasteiger charge is 2.21. The molecular formula is C16H25F2NO. The van der Waals surface area contributed by atoms with Crippen molar-refractivity contribution in [2.75, 3.05) is 6.54 Å². The Labute approximate surface area is 120 Å². The van der Waals surface area contributed by atoms with Crippen LogP contribution in [0.5, 0.6) is 5.75 Å². The van der Waals surface area contributed by atoms with Crippen molar-refractivity contribution in [3.05, 3.63) is 29.8 Å². The maximum atomic E-state index is 13.7. The Kier molecular flexibility index (Phi) is 7.52. The molecule has 4 heteroatoms. The molecule has 0 aliphatic heterocycles. The number of benzene rings is 1. The van der Waals surface area contributed by atoms with Crippen LogP contribution >= 0.6 is 0 Å². The van der Waals surface area contributed by atoms with E-state index in [0.717, 1.165) is 38.3 Å². The van der Waals surface area contributed by atoms with E-state index in [9.17, 15) is 8.78 Å².